The molecule has 0 saturated heterocycles. The molecule has 0 unspecified atom stereocenters. The molecule has 2 atom stereocenters. The number of carbonyl (C=O) groups is 1. The van der Waals surface area contributed by atoms with Gasteiger partial charge in [-0.2, -0.15) is 0 Å². The van der Waals surface area contributed by atoms with Crippen molar-refractivity contribution in [3.05, 3.63) is 89.9 Å². The lowest BCUT2D eigenvalue weighted by Gasteiger charge is -2.23. The summed E-state index contributed by atoms with van der Waals surface area (Å²) in [5.41, 5.74) is 1.67. The van der Waals surface area contributed by atoms with E-state index in [1.54, 1.807) is 48.5 Å². The molecular formula is C20H18INO4S. The zero-order valence-electron chi connectivity index (χ0n) is 14.5. The molecule has 0 saturated carbocycles. The Morgan fingerprint density at radius 1 is 1.00 bits per heavy atom. The fraction of sp³-hybridized carbons (Fsp3) is 0.150. The quantitative estimate of drug-likeness (QED) is 0.302. The Morgan fingerprint density at radius 2 is 1.67 bits per heavy atom. The monoisotopic (exact) mass is 495 g/mol. The summed E-state index contributed by atoms with van der Waals surface area (Å²) in [5, 5.41) is 0. The van der Waals surface area contributed by atoms with Crippen molar-refractivity contribution in [1.29, 1.82) is 0 Å². The van der Waals surface area contributed by atoms with Gasteiger partial charge in [0.05, 0.1) is 21.1 Å². The van der Waals surface area contributed by atoms with Crippen LogP contribution < -0.4 is 4.72 Å². The third-order valence-electron chi connectivity index (χ3n) is 4.08. The lowest BCUT2D eigenvalue weighted by molar-refractivity contribution is 0.0958. The summed E-state index contributed by atoms with van der Waals surface area (Å²) in [6.07, 6.45) is 1.42. The number of halogens is 1. The van der Waals surface area contributed by atoms with Gasteiger partial charge in [0.2, 0.25) is 15.8 Å². The molecule has 0 bridgehead atoms. The third kappa shape index (κ3) is 4.66. The molecule has 27 heavy (non-hydrogen) atoms. The molecule has 0 aliphatic carbocycles. The van der Waals surface area contributed by atoms with E-state index < -0.39 is 20.0 Å². The van der Waals surface area contributed by atoms with Gasteiger partial charge in [-0.15, -0.1) is 0 Å². The Morgan fingerprint density at radius 3 is 2.26 bits per heavy atom. The van der Waals surface area contributed by atoms with Crippen LogP contribution in [0.15, 0.2) is 82.3 Å². The number of benzene rings is 2. The van der Waals surface area contributed by atoms with Crippen LogP contribution >= 0.6 is 22.6 Å². The van der Waals surface area contributed by atoms with Crippen molar-refractivity contribution in [2.24, 2.45) is 0 Å². The van der Waals surface area contributed by atoms with Crippen molar-refractivity contribution in [1.82, 2.24) is 4.72 Å². The fourth-order valence-electron chi connectivity index (χ4n) is 2.62. The van der Waals surface area contributed by atoms with Gasteiger partial charge in [-0.1, -0.05) is 70.6 Å². The first kappa shape index (κ1) is 19.8. The molecule has 0 radical (unpaired) electrons. The van der Waals surface area contributed by atoms with Crippen molar-refractivity contribution in [3.63, 3.8) is 0 Å². The van der Waals surface area contributed by atoms with Crippen LogP contribution in [-0.4, -0.2) is 18.1 Å². The lowest BCUT2D eigenvalue weighted by atomic mass is 10.0. The van der Waals surface area contributed by atoms with Gasteiger partial charge < -0.3 is 4.42 Å². The molecule has 0 spiro atoms. The van der Waals surface area contributed by atoms with E-state index in [0.717, 1.165) is 5.56 Å². The topological polar surface area (TPSA) is 76.4 Å². The van der Waals surface area contributed by atoms with Crippen LogP contribution in [0.2, 0.25) is 0 Å². The Balaban J connectivity index is 1.95. The second-order valence-electron chi connectivity index (χ2n) is 6.07. The number of furan rings is 1. The minimum absolute atomic E-state index is 0.156. The average Bonchev–Trinajstić information content (AvgIpc) is 3.21. The van der Waals surface area contributed by atoms with Gasteiger partial charge >= 0.3 is 0 Å². The molecule has 0 aliphatic heterocycles. The van der Waals surface area contributed by atoms with E-state index in [0.29, 0.717) is 5.56 Å². The maximum atomic E-state index is 12.9. The largest absolute Gasteiger partial charge is 0.461 e. The number of rotatable bonds is 7. The van der Waals surface area contributed by atoms with Gasteiger partial charge in [-0.25, -0.2) is 13.1 Å². The highest BCUT2D eigenvalue weighted by Gasteiger charge is 2.33. The summed E-state index contributed by atoms with van der Waals surface area (Å²) in [6, 6.07) is 18.1. The standard InChI is InChI=1S/C20H18INO4S/c1-14-9-11-16(12-10-14)27(24,25)22-19(15-6-3-2-4-7-15)18(21)20(23)17-8-5-13-26-17/h2-13,18-19,22H,1H3/t18-,19-/m1/s1. The molecule has 7 heteroatoms. The summed E-state index contributed by atoms with van der Waals surface area (Å²) in [5.74, 6) is -0.0778. The van der Waals surface area contributed by atoms with Crippen LogP contribution in [0.25, 0.3) is 0 Å². The fourth-order valence-corrected chi connectivity index (χ4v) is 5.00. The summed E-state index contributed by atoms with van der Waals surface area (Å²) in [6.45, 7) is 1.89. The van der Waals surface area contributed by atoms with E-state index >= 15 is 0 Å². The van der Waals surface area contributed by atoms with E-state index in [-0.39, 0.29) is 16.4 Å². The van der Waals surface area contributed by atoms with Gasteiger partial charge in [-0.3, -0.25) is 4.79 Å². The first-order valence-electron chi connectivity index (χ1n) is 8.24. The molecule has 0 fully saturated rings. The average molecular weight is 495 g/mol. The number of hydrogen-bond acceptors (Lipinski definition) is 4. The maximum Gasteiger partial charge on any atom is 0.241 e. The smallest absolute Gasteiger partial charge is 0.241 e. The number of hydrogen-bond donors (Lipinski definition) is 1. The van der Waals surface area contributed by atoms with Gasteiger partial charge in [0.25, 0.3) is 0 Å². The lowest BCUT2D eigenvalue weighted by Crippen LogP contribution is -2.37. The second kappa shape index (κ2) is 8.37. The Labute approximate surface area is 172 Å². The van der Waals surface area contributed by atoms with Gasteiger partial charge in [0.1, 0.15) is 0 Å². The Kier molecular flexibility index (Phi) is 6.13. The molecule has 3 aromatic rings. The Bertz CT molecular complexity index is 1000. The summed E-state index contributed by atoms with van der Waals surface area (Å²) in [7, 11) is -3.81. The highest BCUT2D eigenvalue weighted by molar-refractivity contribution is 14.1. The Hall–Kier alpha value is -1.97. The van der Waals surface area contributed by atoms with Crippen LogP contribution in [0.4, 0.5) is 0 Å². The molecule has 1 N–H and O–H groups in total. The van der Waals surface area contributed by atoms with Crippen molar-refractivity contribution in [2.75, 3.05) is 0 Å². The molecule has 0 amide bonds. The van der Waals surface area contributed by atoms with Crippen molar-refractivity contribution in [2.45, 2.75) is 21.8 Å². The maximum absolute atomic E-state index is 12.9. The minimum atomic E-state index is -3.81. The molecule has 3 rings (SSSR count). The number of aryl methyl sites for hydroxylation is 1. The molecule has 140 valence electrons. The first-order valence-corrected chi connectivity index (χ1v) is 11.0. The minimum Gasteiger partial charge on any atom is -0.461 e. The zero-order chi connectivity index (χ0) is 19.4. The molecule has 2 aromatic carbocycles. The van der Waals surface area contributed by atoms with Crippen LogP contribution in [0.3, 0.4) is 0 Å². The van der Waals surface area contributed by atoms with Crippen LogP contribution in [0, 0.1) is 6.92 Å². The van der Waals surface area contributed by atoms with Gasteiger partial charge in [0, 0.05) is 0 Å². The third-order valence-corrected chi connectivity index (χ3v) is 6.82. The predicted molar refractivity (Wildman–Crippen MR) is 112 cm³/mol. The summed E-state index contributed by atoms with van der Waals surface area (Å²) in [4.78, 5) is 12.9. The SMILES string of the molecule is Cc1ccc(S(=O)(=O)N[C@H](c2ccccc2)[C@@H](I)C(=O)c2ccco2)cc1. The zero-order valence-corrected chi connectivity index (χ0v) is 17.5. The van der Waals surface area contributed by atoms with Crippen LogP contribution in [0.1, 0.15) is 27.7 Å². The number of alkyl halides is 1. The first-order chi connectivity index (χ1) is 12.9. The molecule has 1 heterocycles. The number of sulfonamides is 1. The molecule has 5 nitrogen and oxygen atoms in total. The van der Waals surface area contributed by atoms with E-state index in [2.05, 4.69) is 4.72 Å². The van der Waals surface area contributed by atoms with Gasteiger partial charge in [0.15, 0.2) is 5.76 Å². The van der Waals surface area contributed by atoms with E-state index in [1.165, 1.54) is 6.26 Å². The van der Waals surface area contributed by atoms with Crippen molar-refractivity contribution in [3.8, 4) is 0 Å². The second-order valence-corrected chi connectivity index (χ2v) is 9.12. The molecular weight excluding hydrogens is 477 g/mol. The summed E-state index contributed by atoms with van der Waals surface area (Å²) >= 11 is 1.96. The van der Waals surface area contributed by atoms with Crippen LogP contribution in [0.5, 0.6) is 0 Å². The number of ketones is 1. The highest BCUT2D eigenvalue weighted by atomic mass is 127. The molecule has 1 aromatic heterocycles. The molecule has 0 aliphatic rings. The van der Waals surface area contributed by atoms with Crippen molar-refractivity contribution >= 4 is 38.4 Å². The van der Waals surface area contributed by atoms with E-state index in [9.17, 15) is 13.2 Å². The number of nitrogens with one attached hydrogen (secondary N) is 1. The predicted octanol–water partition coefficient (Wildman–Crippen LogP) is 4.29. The van der Waals surface area contributed by atoms with Crippen molar-refractivity contribution < 1.29 is 17.6 Å². The number of Topliss-reactive ketones (excluding diaryl/α,β-unsaturated/α-hetero) is 1. The normalized spacial score (nSPS) is 13.9. The summed E-state index contributed by atoms with van der Waals surface area (Å²) < 4.78 is 33.0. The highest BCUT2D eigenvalue weighted by Crippen LogP contribution is 2.28. The number of carbonyl (C=O) groups excluding carboxylic acids is 1. The van der Waals surface area contributed by atoms with Crippen LogP contribution in [-0.2, 0) is 10.0 Å². The van der Waals surface area contributed by atoms with E-state index in [4.69, 9.17) is 4.42 Å². The van der Waals surface area contributed by atoms with Gasteiger partial charge in [-0.05, 0) is 36.8 Å². The van der Waals surface area contributed by atoms with E-state index in [1.807, 2.05) is 47.7 Å².